The van der Waals surface area contributed by atoms with Crippen LogP contribution >= 0.6 is 0 Å². The van der Waals surface area contributed by atoms with Gasteiger partial charge in [0.1, 0.15) is 5.75 Å². The number of aryl methyl sites for hydroxylation is 1. The van der Waals surface area contributed by atoms with E-state index in [0.717, 1.165) is 10.8 Å². The zero-order valence-corrected chi connectivity index (χ0v) is 19.0. The minimum atomic E-state index is -0.481. The number of fused-ring (bicyclic) bond motifs is 2. The van der Waals surface area contributed by atoms with Gasteiger partial charge in [0, 0.05) is 24.3 Å². The normalized spacial score (nSPS) is 12.0. The van der Waals surface area contributed by atoms with Gasteiger partial charge in [-0.2, -0.15) is 0 Å². The number of pyridine rings is 1. The van der Waals surface area contributed by atoms with E-state index < -0.39 is 11.9 Å². The third-order valence-corrected chi connectivity index (χ3v) is 5.67. The highest BCUT2D eigenvalue weighted by Gasteiger charge is 2.22. The van der Waals surface area contributed by atoms with Crippen molar-refractivity contribution in [3.05, 3.63) is 82.9 Å². The molecular weight excluding hydrogens is 418 g/mol. The van der Waals surface area contributed by atoms with Crippen LogP contribution < -0.4 is 4.74 Å². The molecule has 0 aliphatic heterocycles. The lowest BCUT2D eigenvalue weighted by Gasteiger charge is -2.18. The van der Waals surface area contributed by atoms with Crippen molar-refractivity contribution < 1.29 is 23.8 Å². The summed E-state index contributed by atoms with van der Waals surface area (Å²) in [4.78, 5) is 30.4. The molecule has 1 unspecified atom stereocenters. The molecule has 6 nitrogen and oxygen atoms in total. The van der Waals surface area contributed by atoms with Gasteiger partial charge in [0.05, 0.1) is 35.4 Å². The molecule has 4 aromatic rings. The molecule has 1 heterocycles. The minimum absolute atomic E-state index is 0.141. The summed E-state index contributed by atoms with van der Waals surface area (Å²) in [5, 5.41) is 1.44. The quantitative estimate of drug-likeness (QED) is 0.229. The monoisotopic (exact) mass is 443 g/mol. The lowest BCUT2D eigenvalue weighted by molar-refractivity contribution is 0.0600. The number of methoxy groups -OCH3 is 2. The van der Waals surface area contributed by atoms with Crippen LogP contribution in [0.15, 0.2) is 60.7 Å². The van der Waals surface area contributed by atoms with Crippen LogP contribution in [0.2, 0.25) is 0 Å². The minimum Gasteiger partial charge on any atom is -0.465 e. The molecule has 0 aliphatic rings. The van der Waals surface area contributed by atoms with Crippen molar-refractivity contribution in [2.75, 3.05) is 14.2 Å². The van der Waals surface area contributed by atoms with E-state index in [9.17, 15) is 9.59 Å². The molecule has 0 bridgehead atoms. The van der Waals surface area contributed by atoms with Crippen molar-refractivity contribution in [3.8, 4) is 5.75 Å². The summed E-state index contributed by atoms with van der Waals surface area (Å²) in [7, 11) is 2.95. The Morgan fingerprint density at radius 2 is 1.52 bits per heavy atom. The number of carbonyl (C=O) groups excluding carboxylic acids is 2. The molecule has 0 amide bonds. The Morgan fingerprint density at radius 3 is 2.09 bits per heavy atom. The topological polar surface area (TPSA) is 74.7 Å². The maximum atomic E-state index is 13.6. The van der Waals surface area contributed by atoms with E-state index in [-0.39, 0.29) is 6.10 Å². The van der Waals surface area contributed by atoms with Crippen molar-refractivity contribution in [2.45, 2.75) is 26.4 Å². The fourth-order valence-electron chi connectivity index (χ4n) is 3.98. The van der Waals surface area contributed by atoms with Crippen molar-refractivity contribution in [3.63, 3.8) is 0 Å². The Kier molecular flexibility index (Phi) is 6.38. The molecule has 0 radical (unpaired) electrons. The molecule has 0 saturated heterocycles. The molecule has 33 heavy (non-hydrogen) atoms. The second-order valence-electron chi connectivity index (χ2n) is 7.93. The Hall–Kier alpha value is -3.77. The van der Waals surface area contributed by atoms with Crippen LogP contribution in [0, 0.1) is 6.92 Å². The number of para-hydroxylation sites is 2. The molecule has 1 aromatic heterocycles. The molecule has 0 fully saturated rings. The Balaban J connectivity index is 1.85. The van der Waals surface area contributed by atoms with E-state index in [1.807, 2.05) is 55.5 Å². The molecule has 1 atom stereocenters. The summed E-state index contributed by atoms with van der Waals surface area (Å²) < 4.78 is 16.3. The maximum Gasteiger partial charge on any atom is 0.344 e. The fourth-order valence-corrected chi connectivity index (χ4v) is 3.98. The van der Waals surface area contributed by atoms with Crippen LogP contribution in [0.25, 0.3) is 21.8 Å². The first-order valence-corrected chi connectivity index (χ1v) is 10.7. The van der Waals surface area contributed by atoms with Crippen molar-refractivity contribution >= 4 is 33.7 Å². The summed E-state index contributed by atoms with van der Waals surface area (Å²) >= 11 is 0. The van der Waals surface area contributed by atoms with Gasteiger partial charge in [0.15, 0.2) is 0 Å². The molecule has 0 N–H and O–H groups in total. The van der Waals surface area contributed by atoms with E-state index in [1.165, 1.54) is 7.11 Å². The number of esters is 2. The zero-order valence-electron chi connectivity index (χ0n) is 19.0. The van der Waals surface area contributed by atoms with Gasteiger partial charge in [-0.15, -0.1) is 0 Å². The number of rotatable bonds is 6. The zero-order chi connectivity index (χ0) is 23.5. The highest BCUT2D eigenvalue weighted by Crippen LogP contribution is 2.31. The number of benzene rings is 3. The highest BCUT2D eigenvalue weighted by atomic mass is 16.5. The smallest absolute Gasteiger partial charge is 0.344 e. The first-order valence-electron chi connectivity index (χ1n) is 10.7. The van der Waals surface area contributed by atoms with E-state index >= 15 is 0 Å². The summed E-state index contributed by atoms with van der Waals surface area (Å²) in [6, 6.07) is 18.4. The largest absolute Gasteiger partial charge is 0.465 e. The van der Waals surface area contributed by atoms with Gasteiger partial charge in [-0.25, -0.2) is 14.6 Å². The van der Waals surface area contributed by atoms with Crippen LogP contribution in [-0.2, 0) is 15.9 Å². The fraction of sp³-hybridized carbons (Fsp3) is 0.222. The number of ether oxygens (including phenoxy) is 3. The van der Waals surface area contributed by atoms with Gasteiger partial charge >= 0.3 is 11.9 Å². The number of nitrogens with zero attached hydrogens (tertiary/aromatic N) is 1. The number of hydrogen-bond acceptors (Lipinski definition) is 6. The van der Waals surface area contributed by atoms with Gasteiger partial charge < -0.3 is 14.2 Å². The number of hydrogen-bond donors (Lipinski definition) is 0. The first kappa shape index (κ1) is 22.4. The van der Waals surface area contributed by atoms with E-state index in [2.05, 4.69) is 4.98 Å². The standard InChI is InChI=1S/C27H25NO5/c1-16-13-19(26(29)32-4)15-18(14-17(2)31-3)25(16)33-27(30)24-20-9-5-7-11-22(20)28-23-12-8-6-10-21(23)24/h5-13,15,17H,14H2,1-4H3. The molecular formula is C27H25NO5. The SMILES string of the molecule is COC(=O)c1cc(C)c(OC(=O)c2c3ccccc3nc3ccccc23)c(CC(C)OC)c1. The first-order chi connectivity index (χ1) is 15.9. The van der Waals surface area contributed by atoms with Gasteiger partial charge in [-0.05, 0) is 49.2 Å². The summed E-state index contributed by atoms with van der Waals surface area (Å²) in [6.45, 7) is 3.72. The lowest BCUT2D eigenvalue weighted by Crippen LogP contribution is -2.16. The molecule has 3 aromatic carbocycles. The third-order valence-electron chi connectivity index (χ3n) is 5.67. The highest BCUT2D eigenvalue weighted by molar-refractivity contribution is 6.14. The van der Waals surface area contributed by atoms with Crippen LogP contribution in [0.1, 0.15) is 38.8 Å². The Morgan fingerprint density at radius 1 is 0.909 bits per heavy atom. The second kappa shape index (κ2) is 9.38. The van der Waals surface area contributed by atoms with Gasteiger partial charge in [0.2, 0.25) is 0 Å². The lowest BCUT2D eigenvalue weighted by atomic mass is 9.99. The number of aromatic nitrogens is 1. The molecule has 0 spiro atoms. The van der Waals surface area contributed by atoms with E-state index in [1.54, 1.807) is 26.2 Å². The van der Waals surface area contributed by atoms with Gasteiger partial charge in [-0.3, -0.25) is 0 Å². The molecule has 0 aliphatic carbocycles. The van der Waals surface area contributed by atoms with Gasteiger partial charge in [0.25, 0.3) is 0 Å². The Labute approximate surface area is 192 Å². The average molecular weight is 443 g/mol. The third kappa shape index (κ3) is 4.43. The molecule has 6 heteroatoms. The van der Waals surface area contributed by atoms with Crippen molar-refractivity contribution in [2.24, 2.45) is 0 Å². The summed E-state index contributed by atoms with van der Waals surface area (Å²) in [5.41, 5.74) is 3.64. The molecule has 4 rings (SSSR count). The summed E-state index contributed by atoms with van der Waals surface area (Å²) in [5.74, 6) is -0.514. The number of carbonyl (C=O) groups is 2. The Bertz CT molecular complexity index is 1310. The van der Waals surface area contributed by atoms with E-state index in [4.69, 9.17) is 14.2 Å². The maximum absolute atomic E-state index is 13.6. The molecule has 0 saturated carbocycles. The van der Waals surface area contributed by atoms with Crippen LogP contribution in [0.4, 0.5) is 0 Å². The molecule has 168 valence electrons. The van der Waals surface area contributed by atoms with Crippen molar-refractivity contribution in [1.29, 1.82) is 0 Å². The van der Waals surface area contributed by atoms with Crippen LogP contribution in [-0.4, -0.2) is 37.2 Å². The van der Waals surface area contributed by atoms with E-state index in [0.29, 0.717) is 45.5 Å². The van der Waals surface area contributed by atoms with Gasteiger partial charge in [-0.1, -0.05) is 36.4 Å². The second-order valence-corrected chi connectivity index (χ2v) is 7.93. The van der Waals surface area contributed by atoms with Crippen LogP contribution in [0.5, 0.6) is 5.75 Å². The predicted molar refractivity (Wildman–Crippen MR) is 127 cm³/mol. The average Bonchev–Trinajstić information content (AvgIpc) is 2.83. The summed E-state index contributed by atoms with van der Waals surface area (Å²) in [6.07, 6.45) is 0.320. The van der Waals surface area contributed by atoms with Crippen LogP contribution in [0.3, 0.4) is 0 Å². The predicted octanol–water partition coefficient (Wildman–Crippen LogP) is 5.28. The van der Waals surface area contributed by atoms with Crippen molar-refractivity contribution in [1.82, 2.24) is 4.98 Å².